The quantitative estimate of drug-likeness (QED) is 0.717. The maximum atomic E-state index is 12.2. The Morgan fingerprint density at radius 3 is 2.75 bits per heavy atom. The van der Waals surface area contributed by atoms with Gasteiger partial charge in [0.1, 0.15) is 11.9 Å². The Bertz CT molecular complexity index is 837. The van der Waals surface area contributed by atoms with Crippen molar-refractivity contribution in [1.82, 2.24) is 29.9 Å². The van der Waals surface area contributed by atoms with Crippen molar-refractivity contribution in [3.63, 3.8) is 0 Å². The highest BCUT2D eigenvalue weighted by molar-refractivity contribution is 5.90. The molecule has 1 amide bonds. The lowest BCUT2D eigenvalue weighted by molar-refractivity contribution is 0.0523. The Kier molecular flexibility index (Phi) is 4.13. The van der Waals surface area contributed by atoms with Gasteiger partial charge in [-0.1, -0.05) is 18.2 Å². The molecule has 0 saturated heterocycles. The van der Waals surface area contributed by atoms with E-state index < -0.39 is 11.5 Å². The number of rotatable bonds is 5. The van der Waals surface area contributed by atoms with Crippen LogP contribution in [-0.4, -0.2) is 42.1 Å². The van der Waals surface area contributed by atoms with Crippen molar-refractivity contribution in [1.29, 1.82) is 0 Å². The molecule has 24 heavy (non-hydrogen) atoms. The van der Waals surface area contributed by atoms with Gasteiger partial charge < -0.3 is 10.4 Å². The molecule has 1 aromatic carbocycles. The van der Waals surface area contributed by atoms with E-state index >= 15 is 0 Å². The van der Waals surface area contributed by atoms with Crippen LogP contribution in [-0.2, 0) is 12.6 Å². The van der Waals surface area contributed by atoms with E-state index in [1.54, 1.807) is 31.0 Å². The Hall–Kier alpha value is -3.00. The Morgan fingerprint density at radius 2 is 2.08 bits per heavy atom. The van der Waals surface area contributed by atoms with E-state index in [4.69, 9.17) is 0 Å². The summed E-state index contributed by atoms with van der Waals surface area (Å²) in [6.45, 7) is 1.64. The Labute approximate surface area is 138 Å². The Morgan fingerprint density at radius 1 is 1.33 bits per heavy atom. The topological polar surface area (TPSA) is 97.9 Å². The molecule has 2 heterocycles. The second-order valence-corrected chi connectivity index (χ2v) is 5.71. The van der Waals surface area contributed by atoms with Crippen molar-refractivity contribution in [3.05, 3.63) is 60.4 Å². The summed E-state index contributed by atoms with van der Waals surface area (Å²) < 4.78 is 3.11. The summed E-state index contributed by atoms with van der Waals surface area (Å²) in [6, 6.07) is 9.38. The van der Waals surface area contributed by atoms with E-state index in [0.717, 1.165) is 5.69 Å². The number of aromatic nitrogens is 5. The van der Waals surface area contributed by atoms with Crippen molar-refractivity contribution >= 4 is 5.91 Å². The van der Waals surface area contributed by atoms with Crippen molar-refractivity contribution in [2.24, 2.45) is 7.05 Å². The summed E-state index contributed by atoms with van der Waals surface area (Å²) in [7, 11) is 1.76. The van der Waals surface area contributed by atoms with Crippen LogP contribution >= 0.6 is 0 Å². The van der Waals surface area contributed by atoms with Gasteiger partial charge in [0.25, 0.3) is 5.91 Å². The fourth-order valence-electron chi connectivity index (χ4n) is 2.21. The number of aryl methyl sites for hydroxylation is 1. The average Bonchev–Trinajstić information content (AvgIpc) is 3.23. The molecule has 1 unspecified atom stereocenters. The van der Waals surface area contributed by atoms with E-state index in [0.29, 0.717) is 5.56 Å². The van der Waals surface area contributed by atoms with E-state index in [1.807, 2.05) is 30.3 Å². The fourth-order valence-corrected chi connectivity index (χ4v) is 2.21. The van der Waals surface area contributed by atoms with Crippen molar-refractivity contribution in [2.45, 2.75) is 12.5 Å². The molecule has 0 saturated carbocycles. The minimum absolute atomic E-state index is 0.0252. The van der Waals surface area contributed by atoms with E-state index in [-0.39, 0.29) is 12.4 Å². The standard InChI is InChI=1S/C16H18N6O2/c1-16(24,12-8-19-21(2)9-12)10-17-15(23)14-18-11-22(20-14)13-6-4-3-5-7-13/h3-9,11,24H,10H2,1-2H3,(H,17,23). The molecule has 8 nitrogen and oxygen atoms in total. The lowest BCUT2D eigenvalue weighted by atomic mass is 10.00. The van der Waals surface area contributed by atoms with Gasteiger partial charge in [0.15, 0.2) is 0 Å². The first-order valence-corrected chi connectivity index (χ1v) is 7.42. The number of carbonyl (C=O) groups excluding carboxylic acids is 1. The lowest BCUT2D eigenvalue weighted by Gasteiger charge is -2.21. The monoisotopic (exact) mass is 326 g/mol. The molecule has 2 N–H and O–H groups in total. The molecule has 0 bridgehead atoms. The third-order valence-electron chi connectivity index (χ3n) is 3.64. The van der Waals surface area contributed by atoms with Gasteiger partial charge in [0.2, 0.25) is 5.82 Å². The highest BCUT2D eigenvalue weighted by atomic mass is 16.3. The van der Waals surface area contributed by atoms with Crippen LogP contribution in [0.5, 0.6) is 0 Å². The van der Waals surface area contributed by atoms with Crippen LogP contribution in [0.2, 0.25) is 0 Å². The van der Waals surface area contributed by atoms with Gasteiger partial charge in [-0.05, 0) is 19.1 Å². The van der Waals surface area contributed by atoms with Crippen LogP contribution in [0.15, 0.2) is 49.1 Å². The zero-order chi connectivity index (χ0) is 17.2. The summed E-state index contributed by atoms with van der Waals surface area (Å²) in [5, 5.41) is 21.3. The molecule has 0 spiro atoms. The van der Waals surface area contributed by atoms with Crippen molar-refractivity contribution in [3.8, 4) is 5.69 Å². The smallest absolute Gasteiger partial charge is 0.291 e. The predicted molar refractivity (Wildman–Crippen MR) is 86.5 cm³/mol. The molecule has 0 fully saturated rings. The Balaban J connectivity index is 1.66. The number of nitrogens with one attached hydrogen (secondary N) is 1. The largest absolute Gasteiger partial charge is 0.383 e. The first-order valence-electron chi connectivity index (χ1n) is 7.42. The van der Waals surface area contributed by atoms with E-state index in [2.05, 4.69) is 20.5 Å². The van der Waals surface area contributed by atoms with Gasteiger partial charge in [-0.15, -0.1) is 5.10 Å². The third kappa shape index (κ3) is 3.33. The molecule has 1 atom stereocenters. The predicted octanol–water partition coefficient (Wildman–Crippen LogP) is 0.638. The molecule has 8 heteroatoms. The normalized spacial score (nSPS) is 13.5. The number of carbonyl (C=O) groups is 1. The van der Waals surface area contributed by atoms with Gasteiger partial charge in [-0.2, -0.15) is 5.10 Å². The number of hydrogen-bond donors (Lipinski definition) is 2. The van der Waals surface area contributed by atoms with Crippen LogP contribution in [0, 0.1) is 0 Å². The van der Waals surface area contributed by atoms with E-state index in [9.17, 15) is 9.90 Å². The number of amides is 1. The number of aliphatic hydroxyl groups is 1. The number of hydrogen-bond acceptors (Lipinski definition) is 5. The summed E-state index contributed by atoms with van der Waals surface area (Å²) >= 11 is 0. The molecule has 0 aliphatic rings. The van der Waals surface area contributed by atoms with Gasteiger partial charge in [-0.3, -0.25) is 9.48 Å². The van der Waals surface area contributed by atoms with Crippen molar-refractivity contribution in [2.75, 3.05) is 6.54 Å². The van der Waals surface area contributed by atoms with Crippen LogP contribution in [0.4, 0.5) is 0 Å². The molecule has 0 aliphatic heterocycles. The molecule has 2 aromatic heterocycles. The van der Waals surface area contributed by atoms with Crippen LogP contribution in [0.3, 0.4) is 0 Å². The maximum Gasteiger partial charge on any atom is 0.291 e. The van der Waals surface area contributed by atoms with E-state index in [1.165, 1.54) is 11.0 Å². The minimum Gasteiger partial charge on any atom is -0.383 e. The van der Waals surface area contributed by atoms with Gasteiger partial charge in [0.05, 0.1) is 18.4 Å². The number of nitrogens with zero attached hydrogens (tertiary/aromatic N) is 5. The first-order chi connectivity index (χ1) is 11.5. The van der Waals surface area contributed by atoms with Gasteiger partial charge >= 0.3 is 0 Å². The summed E-state index contributed by atoms with van der Waals surface area (Å²) in [4.78, 5) is 16.2. The highest BCUT2D eigenvalue weighted by Crippen LogP contribution is 2.18. The molecule has 3 aromatic rings. The first kappa shape index (κ1) is 15.9. The third-order valence-corrected chi connectivity index (χ3v) is 3.64. The zero-order valence-corrected chi connectivity index (χ0v) is 13.4. The summed E-state index contributed by atoms with van der Waals surface area (Å²) in [5.41, 5.74) is 0.200. The molecular formula is C16H18N6O2. The van der Waals surface area contributed by atoms with Crippen LogP contribution in [0.1, 0.15) is 23.1 Å². The SMILES string of the molecule is Cn1cc(C(C)(O)CNC(=O)c2ncn(-c3ccccc3)n2)cn1. The molecule has 0 radical (unpaired) electrons. The van der Waals surface area contributed by atoms with Crippen LogP contribution < -0.4 is 5.32 Å². The highest BCUT2D eigenvalue weighted by Gasteiger charge is 2.26. The van der Waals surface area contributed by atoms with Gasteiger partial charge in [-0.25, -0.2) is 9.67 Å². The molecular weight excluding hydrogens is 308 g/mol. The molecule has 124 valence electrons. The number of benzene rings is 1. The van der Waals surface area contributed by atoms with Crippen LogP contribution in [0.25, 0.3) is 5.69 Å². The average molecular weight is 326 g/mol. The fraction of sp³-hybridized carbons (Fsp3) is 0.250. The summed E-state index contributed by atoms with van der Waals surface area (Å²) in [5.74, 6) is -0.408. The second-order valence-electron chi connectivity index (χ2n) is 5.71. The minimum atomic E-state index is -1.23. The second kappa shape index (κ2) is 6.25. The van der Waals surface area contributed by atoms with Crippen molar-refractivity contribution < 1.29 is 9.90 Å². The zero-order valence-electron chi connectivity index (χ0n) is 13.4. The molecule has 0 aliphatic carbocycles. The summed E-state index contributed by atoms with van der Waals surface area (Å²) in [6.07, 6.45) is 4.74. The lowest BCUT2D eigenvalue weighted by Crippen LogP contribution is -2.38. The maximum absolute atomic E-state index is 12.2. The molecule has 3 rings (SSSR count). The van der Waals surface area contributed by atoms with Gasteiger partial charge in [0, 0.05) is 18.8 Å². The number of para-hydroxylation sites is 1.